The standard InChI is InChI=1S/C12H10ClN3OS2/c1-7-14-6-11(18-7)19(17)16-10-4-2-3-8-9(13)5-15-12(8)10/h2-6,15-16H,1H3. The summed E-state index contributed by atoms with van der Waals surface area (Å²) in [6, 6.07) is 5.65. The van der Waals surface area contributed by atoms with Crippen molar-refractivity contribution in [2.24, 2.45) is 0 Å². The summed E-state index contributed by atoms with van der Waals surface area (Å²) >= 11 is 7.47. The molecule has 0 bridgehead atoms. The number of aromatic amines is 1. The van der Waals surface area contributed by atoms with Crippen LogP contribution in [0.3, 0.4) is 0 Å². The number of hydrogen-bond acceptors (Lipinski definition) is 3. The zero-order valence-corrected chi connectivity index (χ0v) is 12.3. The number of hydrogen-bond donors (Lipinski definition) is 2. The highest BCUT2D eigenvalue weighted by Crippen LogP contribution is 2.29. The van der Waals surface area contributed by atoms with E-state index in [2.05, 4.69) is 14.7 Å². The highest BCUT2D eigenvalue weighted by atomic mass is 35.5. The molecule has 98 valence electrons. The van der Waals surface area contributed by atoms with E-state index < -0.39 is 11.0 Å². The maximum absolute atomic E-state index is 12.2. The summed E-state index contributed by atoms with van der Waals surface area (Å²) in [5, 5.41) is 2.45. The van der Waals surface area contributed by atoms with Gasteiger partial charge in [-0.3, -0.25) is 4.72 Å². The van der Waals surface area contributed by atoms with Gasteiger partial charge in [0.15, 0.2) is 11.0 Å². The molecule has 19 heavy (non-hydrogen) atoms. The molecule has 0 fully saturated rings. The lowest BCUT2D eigenvalue weighted by Gasteiger charge is -2.05. The molecular formula is C12H10ClN3OS2. The Morgan fingerprint density at radius 2 is 2.32 bits per heavy atom. The largest absolute Gasteiger partial charge is 0.358 e. The molecular weight excluding hydrogens is 302 g/mol. The van der Waals surface area contributed by atoms with Gasteiger partial charge in [0.25, 0.3) is 0 Å². The summed E-state index contributed by atoms with van der Waals surface area (Å²) < 4.78 is 15.9. The minimum Gasteiger partial charge on any atom is -0.358 e. The fraction of sp³-hybridized carbons (Fsp3) is 0.0833. The first kappa shape index (κ1) is 12.7. The SMILES string of the molecule is Cc1ncc(S(=O)Nc2cccc3c(Cl)c[nH]c23)s1. The molecule has 7 heteroatoms. The number of nitrogens with zero attached hydrogens (tertiary/aromatic N) is 1. The van der Waals surface area contributed by atoms with Crippen molar-refractivity contribution in [3.8, 4) is 0 Å². The van der Waals surface area contributed by atoms with Crippen molar-refractivity contribution in [1.29, 1.82) is 0 Å². The molecule has 1 unspecified atom stereocenters. The average Bonchev–Trinajstić information content (AvgIpc) is 2.98. The number of benzene rings is 1. The van der Waals surface area contributed by atoms with Crippen molar-refractivity contribution in [2.45, 2.75) is 11.1 Å². The second-order valence-corrected chi connectivity index (χ2v) is 7.02. The lowest BCUT2D eigenvalue weighted by Crippen LogP contribution is -2.03. The van der Waals surface area contributed by atoms with Crippen molar-refractivity contribution in [2.75, 3.05) is 4.72 Å². The smallest absolute Gasteiger partial charge is 0.162 e. The Balaban J connectivity index is 1.95. The second-order valence-electron chi connectivity index (χ2n) is 3.93. The van der Waals surface area contributed by atoms with Crippen molar-refractivity contribution in [1.82, 2.24) is 9.97 Å². The minimum atomic E-state index is -1.32. The lowest BCUT2D eigenvalue weighted by atomic mass is 10.2. The molecule has 2 N–H and O–H groups in total. The van der Waals surface area contributed by atoms with Gasteiger partial charge >= 0.3 is 0 Å². The first-order valence-corrected chi connectivity index (χ1v) is 7.86. The van der Waals surface area contributed by atoms with Gasteiger partial charge in [-0.1, -0.05) is 23.7 Å². The minimum absolute atomic E-state index is 0.651. The van der Waals surface area contributed by atoms with Crippen LogP contribution in [0.2, 0.25) is 5.02 Å². The maximum Gasteiger partial charge on any atom is 0.162 e. The van der Waals surface area contributed by atoms with Crippen LogP contribution in [0.1, 0.15) is 5.01 Å². The fourth-order valence-electron chi connectivity index (χ4n) is 1.78. The number of halogens is 1. The Kier molecular flexibility index (Phi) is 3.30. The first-order valence-electron chi connectivity index (χ1n) is 5.51. The summed E-state index contributed by atoms with van der Waals surface area (Å²) in [5.74, 6) is 0. The van der Waals surface area contributed by atoms with Gasteiger partial charge in [-0.2, -0.15) is 0 Å². The first-order chi connectivity index (χ1) is 9.15. The number of para-hydroxylation sites is 1. The highest BCUT2D eigenvalue weighted by Gasteiger charge is 2.11. The molecule has 0 amide bonds. The van der Waals surface area contributed by atoms with Crippen LogP contribution < -0.4 is 4.72 Å². The van der Waals surface area contributed by atoms with E-state index in [-0.39, 0.29) is 0 Å². The molecule has 0 spiro atoms. The maximum atomic E-state index is 12.2. The second kappa shape index (κ2) is 4.96. The van der Waals surface area contributed by atoms with E-state index in [1.807, 2.05) is 25.1 Å². The van der Waals surface area contributed by atoms with Gasteiger partial charge in [-0.15, -0.1) is 11.3 Å². The van der Waals surface area contributed by atoms with E-state index in [1.165, 1.54) is 11.3 Å². The molecule has 1 atom stereocenters. The molecule has 3 aromatic rings. The van der Waals surface area contributed by atoms with Crippen LogP contribution in [0.25, 0.3) is 10.9 Å². The third-order valence-corrected chi connectivity index (χ3v) is 5.25. The van der Waals surface area contributed by atoms with Crippen molar-refractivity contribution >= 4 is 50.5 Å². The molecule has 2 aromatic heterocycles. The summed E-state index contributed by atoms with van der Waals surface area (Å²) in [5.41, 5.74) is 1.61. The van der Waals surface area contributed by atoms with E-state index in [0.29, 0.717) is 9.23 Å². The lowest BCUT2D eigenvalue weighted by molar-refractivity contribution is 0.687. The van der Waals surface area contributed by atoms with Crippen molar-refractivity contribution in [3.05, 3.63) is 40.6 Å². The molecule has 0 radical (unpaired) electrons. The van der Waals surface area contributed by atoms with Crippen LogP contribution in [0.5, 0.6) is 0 Å². The van der Waals surface area contributed by atoms with Crippen LogP contribution in [-0.4, -0.2) is 14.2 Å². The molecule has 0 aliphatic heterocycles. The molecule has 4 nitrogen and oxygen atoms in total. The van der Waals surface area contributed by atoms with Crippen molar-refractivity contribution < 1.29 is 4.21 Å². The van der Waals surface area contributed by atoms with Gasteiger partial charge in [0.05, 0.1) is 27.4 Å². The Morgan fingerprint density at radius 1 is 1.47 bits per heavy atom. The number of H-pyrrole nitrogens is 1. The van der Waals surface area contributed by atoms with Gasteiger partial charge in [0.1, 0.15) is 4.21 Å². The summed E-state index contributed by atoms with van der Waals surface area (Å²) in [7, 11) is -1.32. The number of nitrogens with one attached hydrogen (secondary N) is 2. The van der Waals surface area contributed by atoms with Gasteiger partial charge in [-0.05, 0) is 13.0 Å². The Bertz CT molecular complexity index is 765. The van der Waals surface area contributed by atoms with Crippen molar-refractivity contribution in [3.63, 3.8) is 0 Å². The third kappa shape index (κ3) is 2.39. The average molecular weight is 312 g/mol. The van der Waals surface area contributed by atoms with Crippen LogP contribution in [0.4, 0.5) is 5.69 Å². The molecule has 2 heterocycles. The predicted molar refractivity (Wildman–Crippen MR) is 80.2 cm³/mol. The van der Waals surface area contributed by atoms with Crippen LogP contribution in [0.15, 0.2) is 34.8 Å². The normalized spacial score (nSPS) is 12.7. The van der Waals surface area contributed by atoms with E-state index in [1.54, 1.807) is 12.4 Å². The fourth-order valence-corrected chi connectivity index (χ4v) is 3.91. The topological polar surface area (TPSA) is 57.8 Å². The van der Waals surface area contributed by atoms with E-state index in [4.69, 9.17) is 11.6 Å². The molecule has 0 aliphatic rings. The number of thiazole rings is 1. The summed E-state index contributed by atoms with van der Waals surface area (Å²) in [4.78, 5) is 7.18. The Hall–Kier alpha value is -1.37. The summed E-state index contributed by atoms with van der Waals surface area (Å²) in [6.07, 6.45) is 3.35. The summed E-state index contributed by atoms with van der Waals surface area (Å²) in [6.45, 7) is 1.89. The Labute approximate surface area is 121 Å². The molecule has 1 aromatic carbocycles. The van der Waals surface area contributed by atoms with Gasteiger partial charge in [-0.25, -0.2) is 9.19 Å². The highest BCUT2D eigenvalue weighted by molar-refractivity contribution is 7.88. The number of fused-ring (bicyclic) bond motifs is 1. The van der Waals surface area contributed by atoms with E-state index in [9.17, 15) is 4.21 Å². The zero-order chi connectivity index (χ0) is 13.4. The zero-order valence-electron chi connectivity index (χ0n) is 9.94. The van der Waals surface area contributed by atoms with Crippen LogP contribution in [0, 0.1) is 6.92 Å². The predicted octanol–water partition coefficient (Wildman–Crippen LogP) is 3.72. The van der Waals surface area contributed by atoms with E-state index in [0.717, 1.165) is 21.6 Å². The Morgan fingerprint density at radius 3 is 3.05 bits per heavy atom. The van der Waals surface area contributed by atoms with Gasteiger partial charge in [0, 0.05) is 11.6 Å². The number of rotatable bonds is 3. The van der Waals surface area contributed by atoms with Crippen LogP contribution >= 0.6 is 22.9 Å². The monoisotopic (exact) mass is 311 g/mol. The van der Waals surface area contributed by atoms with E-state index >= 15 is 0 Å². The number of anilines is 1. The molecule has 0 saturated carbocycles. The van der Waals surface area contributed by atoms with Crippen LogP contribution in [-0.2, 0) is 11.0 Å². The molecule has 0 aliphatic carbocycles. The molecule has 0 saturated heterocycles. The number of aromatic nitrogens is 2. The van der Waals surface area contributed by atoms with Gasteiger partial charge in [0.2, 0.25) is 0 Å². The van der Waals surface area contributed by atoms with Gasteiger partial charge < -0.3 is 4.98 Å². The number of aryl methyl sites for hydroxylation is 1. The quantitative estimate of drug-likeness (QED) is 0.774. The third-order valence-electron chi connectivity index (χ3n) is 2.65. The molecule has 3 rings (SSSR count).